The van der Waals surface area contributed by atoms with E-state index in [1.165, 1.54) is 11.8 Å². The van der Waals surface area contributed by atoms with E-state index >= 15 is 0 Å². The van der Waals surface area contributed by atoms with E-state index in [1.54, 1.807) is 7.11 Å². The Morgan fingerprint density at radius 2 is 1.88 bits per heavy atom. The number of hydrogen-bond donors (Lipinski definition) is 2. The third-order valence-electron chi connectivity index (χ3n) is 3.48. The highest BCUT2D eigenvalue weighted by atomic mass is 32.2. The summed E-state index contributed by atoms with van der Waals surface area (Å²) in [6.07, 6.45) is 1.02. The molecule has 5 nitrogen and oxygen atoms in total. The van der Waals surface area contributed by atoms with Crippen molar-refractivity contribution in [2.24, 2.45) is 0 Å². The highest BCUT2D eigenvalue weighted by molar-refractivity contribution is 7.99. The van der Waals surface area contributed by atoms with E-state index in [2.05, 4.69) is 5.32 Å². The quantitative estimate of drug-likeness (QED) is 0.716. The van der Waals surface area contributed by atoms with E-state index in [-0.39, 0.29) is 11.7 Å². The smallest absolute Gasteiger partial charge is 0.313 e. The fourth-order valence-corrected chi connectivity index (χ4v) is 3.00. The van der Waals surface area contributed by atoms with Crippen LogP contribution in [0.15, 0.2) is 48.5 Å². The van der Waals surface area contributed by atoms with Gasteiger partial charge < -0.3 is 15.2 Å². The number of carbonyl (C=O) groups excluding carboxylic acids is 1. The van der Waals surface area contributed by atoms with Crippen molar-refractivity contribution in [3.05, 3.63) is 59.7 Å². The Morgan fingerprint density at radius 1 is 1.12 bits per heavy atom. The number of carboxylic acids is 1. The van der Waals surface area contributed by atoms with Crippen molar-refractivity contribution < 1.29 is 19.4 Å². The van der Waals surface area contributed by atoms with Crippen molar-refractivity contribution in [2.75, 3.05) is 18.2 Å². The first kappa shape index (κ1) is 18.9. The number of methoxy groups -OCH3 is 1. The number of benzene rings is 2. The molecular formula is C19H21NO4S. The molecule has 25 heavy (non-hydrogen) atoms. The first-order chi connectivity index (χ1) is 12.1. The third kappa shape index (κ3) is 6.89. The van der Waals surface area contributed by atoms with E-state index in [0.717, 1.165) is 22.6 Å². The zero-order valence-corrected chi connectivity index (χ0v) is 14.8. The molecule has 0 radical (unpaired) electrons. The summed E-state index contributed by atoms with van der Waals surface area (Å²) in [5, 5.41) is 11.5. The van der Waals surface area contributed by atoms with E-state index < -0.39 is 5.97 Å². The van der Waals surface area contributed by atoms with Gasteiger partial charge in [0.05, 0.1) is 12.9 Å². The number of thioether (sulfide) groups is 1. The van der Waals surface area contributed by atoms with Crippen LogP contribution in [-0.2, 0) is 21.8 Å². The van der Waals surface area contributed by atoms with Crippen LogP contribution >= 0.6 is 11.8 Å². The minimum Gasteiger partial charge on any atom is -0.497 e. The summed E-state index contributed by atoms with van der Waals surface area (Å²) in [5.74, 6) is 0.561. The normalized spacial score (nSPS) is 10.3. The first-order valence-corrected chi connectivity index (χ1v) is 9.03. The van der Waals surface area contributed by atoms with Crippen molar-refractivity contribution in [1.82, 2.24) is 0 Å². The van der Waals surface area contributed by atoms with Crippen LogP contribution in [0, 0.1) is 0 Å². The number of amides is 1. The van der Waals surface area contributed by atoms with Gasteiger partial charge in [0.15, 0.2) is 0 Å². The Bertz CT molecular complexity index is 733. The molecule has 0 aliphatic heterocycles. The third-order valence-corrected chi connectivity index (χ3v) is 4.47. The molecule has 0 bridgehead atoms. The largest absolute Gasteiger partial charge is 0.497 e. The van der Waals surface area contributed by atoms with E-state index in [4.69, 9.17) is 9.84 Å². The van der Waals surface area contributed by atoms with Gasteiger partial charge in [-0.05, 0) is 41.8 Å². The summed E-state index contributed by atoms with van der Waals surface area (Å²) in [6.45, 7) is 0. The number of ether oxygens (including phenoxy) is 1. The predicted octanol–water partition coefficient (Wildman–Crippen LogP) is 3.58. The molecule has 0 heterocycles. The number of anilines is 1. The van der Waals surface area contributed by atoms with Crippen molar-refractivity contribution in [1.29, 1.82) is 0 Å². The van der Waals surface area contributed by atoms with Crippen molar-refractivity contribution in [3.63, 3.8) is 0 Å². The van der Waals surface area contributed by atoms with Crippen LogP contribution in [0.3, 0.4) is 0 Å². The molecule has 132 valence electrons. The average Bonchev–Trinajstić information content (AvgIpc) is 2.60. The van der Waals surface area contributed by atoms with Gasteiger partial charge in [-0.15, -0.1) is 11.8 Å². The molecule has 2 aromatic rings. The molecule has 2 aromatic carbocycles. The number of nitrogens with one attached hydrogen (secondary N) is 1. The van der Waals surface area contributed by atoms with Gasteiger partial charge in [0.1, 0.15) is 5.75 Å². The summed E-state index contributed by atoms with van der Waals surface area (Å²) in [6, 6.07) is 15.1. The standard InChI is InChI=1S/C19H21NO4S/c1-24-17-7-3-4-14(11-17)8-9-18(21)20-16-6-2-5-15(10-16)12-25-13-19(22)23/h2-7,10-11H,8-9,12-13H2,1H3,(H,20,21)(H,22,23). The molecule has 0 atom stereocenters. The summed E-state index contributed by atoms with van der Waals surface area (Å²) in [4.78, 5) is 22.7. The molecule has 0 unspecified atom stereocenters. The lowest BCUT2D eigenvalue weighted by Crippen LogP contribution is -2.12. The maximum atomic E-state index is 12.1. The van der Waals surface area contributed by atoms with Crippen LogP contribution in [0.4, 0.5) is 5.69 Å². The fourth-order valence-electron chi connectivity index (χ4n) is 2.30. The second kappa shape index (κ2) is 9.74. The van der Waals surface area contributed by atoms with Crippen molar-refractivity contribution in [2.45, 2.75) is 18.6 Å². The lowest BCUT2D eigenvalue weighted by Gasteiger charge is -2.08. The molecule has 0 aliphatic rings. The van der Waals surface area contributed by atoms with Gasteiger partial charge in [-0.3, -0.25) is 9.59 Å². The van der Waals surface area contributed by atoms with Gasteiger partial charge in [-0.25, -0.2) is 0 Å². The summed E-state index contributed by atoms with van der Waals surface area (Å²) in [7, 11) is 1.62. The number of rotatable bonds is 9. The topological polar surface area (TPSA) is 75.6 Å². The van der Waals surface area contributed by atoms with Gasteiger partial charge in [0.25, 0.3) is 0 Å². The number of aliphatic carboxylic acids is 1. The Hall–Kier alpha value is -2.47. The molecule has 2 N–H and O–H groups in total. The van der Waals surface area contributed by atoms with Crippen molar-refractivity contribution >= 4 is 29.3 Å². The molecule has 6 heteroatoms. The zero-order valence-electron chi connectivity index (χ0n) is 14.0. The summed E-state index contributed by atoms with van der Waals surface area (Å²) >= 11 is 1.33. The minimum atomic E-state index is -0.827. The molecule has 0 saturated carbocycles. The van der Waals surface area contributed by atoms with Crippen molar-refractivity contribution in [3.8, 4) is 5.75 Å². The van der Waals surface area contributed by atoms with E-state index in [9.17, 15) is 9.59 Å². The highest BCUT2D eigenvalue weighted by Gasteiger charge is 2.05. The molecule has 1 amide bonds. The molecular weight excluding hydrogens is 338 g/mol. The lowest BCUT2D eigenvalue weighted by atomic mass is 10.1. The molecule has 2 rings (SSSR count). The molecule has 0 aromatic heterocycles. The monoisotopic (exact) mass is 359 g/mol. The van der Waals surface area contributed by atoms with Crippen LogP contribution in [0.1, 0.15) is 17.5 Å². The summed E-state index contributed by atoms with van der Waals surface area (Å²) in [5.41, 5.74) is 2.76. The second-order valence-corrected chi connectivity index (χ2v) is 6.47. The lowest BCUT2D eigenvalue weighted by molar-refractivity contribution is -0.133. The van der Waals surface area contributed by atoms with E-state index in [0.29, 0.717) is 18.6 Å². The SMILES string of the molecule is COc1cccc(CCC(=O)Nc2cccc(CSCC(=O)O)c2)c1. The number of hydrogen-bond acceptors (Lipinski definition) is 4. The number of carbonyl (C=O) groups is 2. The predicted molar refractivity (Wildman–Crippen MR) is 100 cm³/mol. The Kier molecular flexibility index (Phi) is 7.35. The van der Waals surface area contributed by atoms with Crippen LogP contribution < -0.4 is 10.1 Å². The van der Waals surface area contributed by atoms with Gasteiger partial charge in [0, 0.05) is 17.9 Å². The zero-order chi connectivity index (χ0) is 18.1. The van der Waals surface area contributed by atoms with Gasteiger partial charge in [-0.2, -0.15) is 0 Å². The van der Waals surface area contributed by atoms with Gasteiger partial charge in [-0.1, -0.05) is 24.3 Å². The number of aryl methyl sites for hydroxylation is 1. The first-order valence-electron chi connectivity index (χ1n) is 7.88. The maximum absolute atomic E-state index is 12.1. The molecule has 0 spiro atoms. The maximum Gasteiger partial charge on any atom is 0.313 e. The number of carboxylic acid groups (broad SMARTS) is 1. The van der Waals surface area contributed by atoms with Crippen LogP contribution in [-0.4, -0.2) is 29.8 Å². The van der Waals surface area contributed by atoms with Crippen LogP contribution in [0.25, 0.3) is 0 Å². The molecule has 0 fully saturated rings. The Balaban J connectivity index is 1.84. The van der Waals surface area contributed by atoms with Crippen LogP contribution in [0.5, 0.6) is 5.75 Å². The summed E-state index contributed by atoms with van der Waals surface area (Å²) < 4.78 is 5.18. The van der Waals surface area contributed by atoms with Gasteiger partial charge in [0.2, 0.25) is 5.91 Å². The van der Waals surface area contributed by atoms with Gasteiger partial charge >= 0.3 is 5.97 Å². The Morgan fingerprint density at radius 3 is 2.64 bits per heavy atom. The average molecular weight is 359 g/mol. The van der Waals surface area contributed by atoms with Crippen LogP contribution in [0.2, 0.25) is 0 Å². The highest BCUT2D eigenvalue weighted by Crippen LogP contribution is 2.18. The Labute approximate surface area is 151 Å². The fraction of sp³-hybridized carbons (Fsp3) is 0.263. The minimum absolute atomic E-state index is 0.0573. The second-order valence-electron chi connectivity index (χ2n) is 5.49. The molecule has 0 saturated heterocycles. The molecule has 0 aliphatic carbocycles. The van der Waals surface area contributed by atoms with E-state index in [1.807, 2.05) is 48.5 Å².